The minimum absolute atomic E-state index is 0.204. The molecule has 6 heteroatoms. The van der Waals surface area contributed by atoms with E-state index in [0.29, 0.717) is 28.6 Å². The Morgan fingerprint density at radius 1 is 1.24 bits per heavy atom. The molecular weight excluding hydrogens is 292 g/mol. The summed E-state index contributed by atoms with van der Waals surface area (Å²) in [4.78, 5) is 11.2. The van der Waals surface area contributed by atoms with Crippen molar-refractivity contribution in [2.24, 2.45) is 5.73 Å². The lowest BCUT2D eigenvalue weighted by Gasteiger charge is -2.10. The quantitative estimate of drug-likeness (QED) is 0.911. The number of rotatable bonds is 4. The van der Waals surface area contributed by atoms with Crippen LogP contribution in [0.2, 0.25) is 5.02 Å². The topological polar surface area (TPSA) is 73.6 Å². The lowest BCUT2D eigenvalue weighted by molar-refractivity contribution is 0.1000. The van der Waals surface area contributed by atoms with E-state index >= 15 is 0 Å². The Labute approximate surface area is 126 Å². The van der Waals surface area contributed by atoms with Gasteiger partial charge < -0.3 is 20.5 Å². The Bertz CT molecular complexity index is 703. The van der Waals surface area contributed by atoms with Crippen molar-refractivity contribution in [3.63, 3.8) is 0 Å². The fourth-order valence-electron chi connectivity index (χ4n) is 2.08. The lowest BCUT2D eigenvalue weighted by Crippen LogP contribution is -2.11. The Kier molecular flexibility index (Phi) is 3.58. The molecule has 0 spiro atoms. The van der Waals surface area contributed by atoms with Gasteiger partial charge in [-0.2, -0.15) is 0 Å². The SMILES string of the molecule is NC(=O)c1cccc(CNc2cc3c(cc2Cl)OCO3)c1. The largest absolute Gasteiger partial charge is 0.454 e. The molecule has 1 aliphatic heterocycles. The standard InChI is InChI=1S/C15H13ClN2O3/c16-11-5-13-14(21-8-20-13)6-12(11)18-7-9-2-1-3-10(4-9)15(17)19/h1-6,18H,7-8H2,(H2,17,19). The Morgan fingerprint density at radius 2 is 2.00 bits per heavy atom. The Morgan fingerprint density at radius 3 is 2.76 bits per heavy atom. The molecule has 0 aliphatic carbocycles. The summed E-state index contributed by atoms with van der Waals surface area (Å²) in [5.74, 6) is 0.854. The molecule has 0 aromatic heterocycles. The first-order valence-corrected chi connectivity index (χ1v) is 6.73. The van der Waals surface area contributed by atoms with E-state index in [4.69, 9.17) is 26.8 Å². The molecule has 0 unspecified atom stereocenters. The molecule has 5 nitrogen and oxygen atoms in total. The highest BCUT2D eigenvalue weighted by atomic mass is 35.5. The van der Waals surface area contributed by atoms with Crippen LogP contribution in [0.15, 0.2) is 36.4 Å². The fourth-order valence-corrected chi connectivity index (χ4v) is 2.30. The van der Waals surface area contributed by atoms with Crippen LogP contribution in [0.4, 0.5) is 5.69 Å². The van der Waals surface area contributed by atoms with Gasteiger partial charge in [-0.15, -0.1) is 0 Å². The number of benzene rings is 2. The number of fused-ring (bicyclic) bond motifs is 1. The number of carbonyl (C=O) groups is 1. The van der Waals surface area contributed by atoms with E-state index in [-0.39, 0.29) is 6.79 Å². The van der Waals surface area contributed by atoms with Gasteiger partial charge in [0.2, 0.25) is 12.7 Å². The van der Waals surface area contributed by atoms with Gasteiger partial charge in [0.15, 0.2) is 11.5 Å². The molecule has 0 bridgehead atoms. The summed E-state index contributed by atoms with van der Waals surface area (Å²) in [6, 6.07) is 10.6. The fraction of sp³-hybridized carbons (Fsp3) is 0.133. The maximum absolute atomic E-state index is 11.2. The second kappa shape index (κ2) is 5.54. The van der Waals surface area contributed by atoms with Crippen LogP contribution in [-0.4, -0.2) is 12.7 Å². The number of hydrogen-bond donors (Lipinski definition) is 2. The van der Waals surface area contributed by atoms with Gasteiger partial charge in [0.05, 0.1) is 10.7 Å². The Hall–Kier alpha value is -2.40. The van der Waals surface area contributed by atoms with Crippen molar-refractivity contribution in [2.45, 2.75) is 6.54 Å². The first-order chi connectivity index (χ1) is 10.1. The third kappa shape index (κ3) is 2.87. The minimum atomic E-state index is -0.446. The molecule has 3 N–H and O–H groups in total. The number of amides is 1. The van der Waals surface area contributed by atoms with Crippen molar-refractivity contribution in [3.05, 3.63) is 52.5 Å². The normalized spacial score (nSPS) is 12.2. The van der Waals surface area contributed by atoms with Gasteiger partial charge in [0, 0.05) is 24.2 Å². The van der Waals surface area contributed by atoms with E-state index in [1.54, 1.807) is 30.3 Å². The van der Waals surface area contributed by atoms with Crippen LogP contribution >= 0.6 is 11.6 Å². The van der Waals surface area contributed by atoms with Crippen molar-refractivity contribution < 1.29 is 14.3 Å². The number of anilines is 1. The molecular formula is C15H13ClN2O3. The highest BCUT2D eigenvalue weighted by molar-refractivity contribution is 6.33. The second-order valence-corrected chi connectivity index (χ2v) is 5.01. The van der Waals surface area contributed by atoms with Gasteiger partial charge in [-0.1, -0.05) is 23.7 Å². The summed E-state index contributed by atoms with van der Waals surface area (Å²) < 4.78 is 10.6. The number of hydrogen-bond acceptors (Lipinski definition) is 4. The molecule has 3 rings (SSSR count). The summed E-state index contributed by atoms with van der Waals surface area (Å²) in [6.07, 6.45) is 0. The molecule has 0 fully saturated rings. The van der Waals surface area contributed by atoms with Crippen molar-refractivity contribution in [1.29, 1.82) is 0 Å². The first-order valence-electron chi connectivity index (χ1n) is 6.35. The molecule has 1 amide bonds. The molecule has 0 radical (unpaired) electrons. The van der Waals surface area contributed by atoms with E-state index < -0.39 is 5.91 Å². The van der Waals surface area contributed by atoms with Crippen molar-refractivity contribution in [2.75, 3.05) is 12.1 Å². The average molecular weight is 305 g/mol. The zero-order valence-corrected chi connectivity index (χ0v) is 11.8. The zero-order valence-electron chi connectivity index (χ0n) is 11.1. The molecule has 0 atom stereocenters. The van der Waals surface area contributed by atoms with Crippen LogP contribution in [0.25, 0.3) is 0 Å². The maximum atomic E-state index is 11.2. The zero-order chi connectivity index (χ0) is 14.8. The van der Waals surface area contributed by atoms with Gasteiger partial charge >= 0.3 is 0 Å². The molecule has 0 saturated carbocycles. The van der Waals surface area contributed by atoms with Crippen LogP contribution in [0.5, 0.6) is 11.5 Å². The van der Waals surface area contributed by atoms with E-state index in [1.807, 2.05) is 6.07 Å². The molecule has 1 heterocycles. The van der Waals surface area contributed by atoms with Gasteiger partial charge in [-0.05, 0) is 17.7 Å². The number of ether oxygens (including phenoxy) is 2. The summed E-state index contributed by atoms with van der Waals surface area (Å²) in [5, 5.41) is 3.75. The Balaban J connectivity index is 1.76. The number of nitrogens with two attached hydrogens (primary N) is 1. The van der Waals surface area contributed by atoms with E-state index in [1.165, 1.54) is 0 Å². The predicted octanol–water partition coefficient (Wildman–Crippen LogP) is 2.78. The van der Waals surface area contributed by atoms with E-state index in [2.05, 4.69) is 5.32 Å². The summed E-state index contributed by atoms with van der Waals surface area (Å²) >= 11 is 6.18. The summed E-state index contributed by atoms with van der Waals surface area (Å²) in [6.45, 7) is 0.719. The second-order valence-electron chi connectivity index (χ2n) is 4.60. The van der Waals surface area contributed by atoms with Crippen LogP contribution in [0.1, 0.15) is 15.9 Å². The summed E-state index contributed by atoms with van der Waals surface area (Å²) in [5.41, 5.74) is 7.41. The third-order valence-electron chi connectivity index (χ3n) is 3.16. The highest BCUT2D eigenvalue weighted by Gasteiger charge is 2.16. The molecule has 2 aromatic rings. The summed E-state index contributed by atoms with van der Waals surface area (Å²) in [7, 11) is 0. The number of carbonyl (C=O) groups excluding carboxylic acids is 1. The molecule has 0 saturated heterocycles. The predicted molar refractivity (Wildman–Crippen MR) is 79.9 cm³/mol. The van der Waals surface area contributed by atoms with E-state index in [0.717, 1.165) is 11.3 Å². The minimum Gasteiger partial charge on any atom is -0.454 e. The molecule has 2 aromatic carbocycles. The maximum Gasteiger partial charge on any atom is 0.248 e. The smallest absolute Gasteiger partial charge is 0.248 e. The average Bonchev–Trinajstić information content (AvgIpc) is 2.92. The van der Waals surface area contributed by atoms with Crippen molar-refractivity contribution >= 4 is 23.2 Å². The van der Waals surface area contributed by atoms with E-state index in [9.17, 15) is 4.79 Å². The van der Waals surface area contributed by atoms with Crippen molar-refractivity contribution in [1.82, 2.24) is 0 Å². The number of nitrogens with one attached hydrogen (secondary N) is 1. The third-order valence-corrected chi connectivity index (χ3v) is 3.47. The highest BCUT2D eigenvalue weighted by Crippen LogP contribution is 2.39. The van der Waals surface area contributed by atoms with Crippen LogP contribution < -0.4 is 20.5 Å². The first kappa shape index (κ1) is 13.6. The molecule has 1 aliphatic rings. The molecule has 108 valence electrons. The van der Waals surface area contributed by atoms with Gasteiger partial charge in [0.25, 0.3) is 0 Å². The monoisotopic (exact) mass is 304 g/mol. The number of halogens is 1. The van der Waals surface area contributed by atoms with Crippen LogP contribution in [0.3, 0.4) is 0 Å². The molecule has 21 heavy (non-hydrogen) atoms. The van der Waals surface area contributed by atoms with Gasteiger partial charge in [0.1, 0.15) is 0 Å². The van der Waals surface area contributed by atoms with Crippen LogP contribution in [-0.2, 0) is 6.54 Å². The van der Waals surface area contributed by atoms with Gasteiger partial charge in [-0.3, -0.25) is 4.79 Å². The number of primary amides is 1. The lowest BCUT2D eigenvalue weighted by atomic mass is 10.1. The van der Waals surface area contributed by atoms with Crippen LogP contribution in [0, 0.1) is 0 Å². The van der Waals surface area contributed by atoms with Crippen molar-refractivity contribution in [3.8, 4) is 11.5 Å². The van der Waals surface area contributed by atoms with Gasteiger partial charge in [-0.25, -0.2) is 0 Å².